The van der Waals surface area contributed by atoms with Gasteiger partial charge in [0.2, 0.25) is 0 Å². The molecule has 5 atom stereocenters. The minimum Gasteiger partial charge on any atom is -0.396 e. The molecule has 0 amide bonds. The molecule has 4 rings (SSSR count). The molecule has 0 aromatic rings. The predicted octanol–water partition coefficient (Wildman–Crippen LogP) is 4.00. The number of hydrogen-bond donors (Lipinski definition) is 1. The van der Waals surface area contributed by atoms with E-state index < -0.39 is 0 Å². The Morgan fingerprint density at radius 2 is 1.78 bits per heavy atom. The number of rotatable bonds is 1. The van der Waals surface area contributed by atoms with Crippen LogP contribution in [-0.4, -0.2) is 11.7 Å². The second-order valence-electron chi connectivity index (χ2n) is 9.24. The van der Waals surface area contributed by atoms with Crippen molar-refractivity contribution in [2.75, 3.05) is 6.61 Å². The largest absolute Gasteiger partial charge is 0.396 e. The molecule has 4 fully saturated rings. The predicted molar refractivity (Wildman–Crippen MR) is 73.1 cm³/mol. The maximum Gasteiger partial charge on any atom is 0.0493 e. The Labute approximate surface area is 111 Å². The van der Waals surface area contributed by atoms with Crippen LogP contribution in [0.1, 0.15) is 66.2 Å². The van der Waals surface area contributed by atoms with Crippen LogP contribution in [0.25, 0.3) is 0 Å². The summed E-state index contributed by atoms with van der Waals surface area (Å²) in [5, 5.41) is 9.93. The smallest absolute Gasteiger partial charge is 0.0493 e. The Bertz CT molecular complexity index is 427. The summed E-state index contributed by atoms with van der Waals surface area (Å²) in [6, 6.07) is 0. The lowest BCUT2D eigenvalue weighted by Gasteiger charge is -2.57. The average Bonchev–Trinajstić information content (AvgIpc) is 3.10. The molecule has 4 aliphatic rings. The lowest BCUT2D eigenvalue weighted by atomic mass is 9.47. The van der Waals surface area contributed by atoms with Gasteiger partial charge in [-0.2, -0.15) is 0 Å². The molecule has 0 saturated heterocycles. The maximum atomic E-state index is 9.93. The van der Waals surface area contributed by atoms with E-state index >= 15 is 0 Å². The lowest BCUT2D eigenvalue weighted by molar-refractivity contribution is -0.0959. The highest BCUT2D eigenvalue weighted by Crippen LogP contribution is 2.93. The van der Waals surface area contributed by atoms with Crippen molar-refractivity contribution >= 4 is 0 Å². The molecule has 1 spiro atoms. The van der Waals surface area contributed by atoms with E-state index in [0.29, 0.717) is 33.7 Å². The van der Waals surface area contributed by atoms with Gasteiger partial charge in [-0.1, -0.05) is 34.1 Å². The van der Waals surface area contributed by atoms with E-state index in [4.69, 9.17) is 0 Å². The zero-order valence-electron chi connectivity index (χ0n) is 12.5. The van der Waals surface area contributed by atoms with Gasteiger partial charge in [-0.05, 0) is 59.7 Å². The fourth-order valence-corrected chi connectivity index (χ4v) is 7.33. The third-order valence-electron chi connectivity index (χ3n) is 8.37. The Morgan fingerprint density at radius 3 is 2.44 bits per heavy atom. The summed E-state index contributed by atoms with van der Waals surface area (Å²) in [5.41, 5.74) is 2.44. The molecular formula is C17H28O. The Morgan fingerprint density at radius 1 is 1.06 bits per heavy atom. The lowest BCUT2D eigenvalue weighted by Crippen LogP contribution is -2.51. The normalized spacial score (nSPS) is 63.5. The van der Waals surface area contributed by atoms with Crippen LogP contribution in [0.2, 0.25) is 0 Å². The first kappa shape index (κ1) is 11.8. The van der Waals surface area contributed by atoms with Crippen molar-refractivity contribution < 1.29 is 5.11 Å². The molecule has 0 radical (unpaired) electrons. The van der Waals surface area contributed by atoms with E-state index in [2.05, 4.69) is 27.7 Å². The number of hydrogen-bond acceptors (Lipinski definition) is 1. The van der Waals surface area contributed by atoms with Gasteiger partial charge in [0.25, 0.3) is 0 Å². The summed E-state index contributed by atoms with van der Waals surface area (Å²) >= 11 is 0. The summed E-state index contributed by atoms with van der Waals surface area (Å²) in [5.74, 6) is 0.909. The molecular weight excluding hydrogens is 220 g/mol. The van der Waals surface area contributed by atoms with Crippen molar-refractivity contribution in [3.63, 3.8) is 0 Å². The molecule has 0 aliphatic heterocycles. The van der Waals surface area contributed by atoms with Crippen molar-refractivity contribution in [2.24, 2.45) is 33.0 Å². The fourth-order valence-electron chi connectivity index (χ4n) is 7.33. The monoisotopic (exact) mass is 248 g/mol. The molecule has 0 bridgehead atoms. The topological polar surface area (TPSA) is 20.2 Å². The second-order valence-corrected chi connectivity index (χ2v) is 9.24. The average molecular weight is 248 g/mol. The Hall–Kier alpha value is -0.0400. The third-order valence-corrected chi connectivity index (χ3v) is 8.37. The summed E-state index contributed by atoms with van der Waals surface area (Å²) < 4.78 is 0. The van der Waals surface area contributed by atoms with E-state index in [0.717, 1.165) is 5.92 Å². The van der Waals surface area contributed by atoms with Gasteiger partial charge >= 0.3 is 0 Å². The van der Waals surface area contributed by atoms with Gasteiger partial charge in [0, 0.05) is 12.0 Å². The van der Waals surface area contributed by atoms with E-state index in [9.17, 15) is 5.11 Å². The Kier molecular flexibility index (Phi) is 1.77. The number of aliphatic hydroxyl groups is 1. The molecule has 4 saturated carbocycles. The van der Waals surface area contributed by atoms with Gasteiger partial charge in [0.05, 0.1) is 0 Å². The maximum absolute atomic E-state index is 9.93. The van der Waals surface area contributed by atoms with Gasteiger partial charge in [-0.3, -0.25) is 0 Å². The highest BCUT2D eigenvalue weighted by Gasteiger charge is 2.87. The van der Waals surface area contributed by atoms with Crippen molar-refractivity contribution in [3.05, 3.63) is 0 Å². The first-order valence-electron chi connectivity index (χ1n) is 7.88. The van der Waals surface area contributed by atoms with Crippen LogP contribution in [0.3, 0.4) is 0 Å². The quantitative estimate of drug-likeness (QED) is 0.743. The van der Waals surface area contributed by atoms with Gasteiger partial charge in [-0.25, -0.2) is 0 Å². The third kappa shape index (κ3) is 0.901. The summed E-state index contributed by atoms with van der Waals surface area (Å²) in [7, 11) is 0. The van der Waals surface area contributed by atoms with Crippen molar-refractivity contribution in [1.82, 2.24) is 0 Å². The molecule has 0 heterocycles. The molecule has 0 aromatic carbocycles. The zero-order chi connectivity index (χ0) is 13.0. The molecule has 4 aliphatic carbocycles. The van der Waals surface area contributed by atoms with Gasteiger partial charge < -0.3 is 5.11 Å². The number of aliphatic hydroxyl groups excluding tert-OH is 1. The summed E-state index contributed by atoms with van der Waals surface area (Å²) in [4.78, 5) is 0. The van der Waals surface area contributed by atoms with Gasteiger partial charge in [0.15, 0.2) is 0 Å². The minimum atomic E-state index is 0.305. The molecule has 0 unspecified atom stereocenters. The van der Waals surface area contributed by atoms with E-state index in [1.54, 1.807) is 0 Å². The van der Waals surface area contributed by atoms with E-state index in [-0.39, 0.29) is 0 Å². The molecule has 1 nitrogen and oxygen atoms in total. The number of fused-ring (bicyclic) bond motifs is 2. The highest BCUT2D eigenvalue weighted by atomic mass is 16.3. The van der Waals surface area contributed by atoms with Crippen LogP contribution in [-0.2, 0) is 0 Å². The standard InChI is InChI=1S/C17H28O/c1-13(2)6-5-7-14(3)9-16(11-18)10-15(16,4)12-8-17(12,13)14/h12,18H,5-11H2,1-4H3/t12-,14-,15+,16+,17-/m0/s1. The van der Waals surface area contributed by atoms with Crippen LogP contribution in [0.15, 0.2) is 0 Å². The fraction of sp³-hybridized carbons (Fsp3) is 1.00. The first-order valence-corrected chi connectivity index (χ1v) is 7.88. The molecule has 0 aromatic heterocycles. The highest BCUT2D eigenvalue weighted by molar-refractivity contribution is 5.35. The second kappa shape index (κ2) is 2.71. The van der Waals surface area contributed by atoms with Crippen molar-refractivity contribution in [1.29, 1.82) is 0 Å². The zero-order valence-corrected chi connectivity index (χ0v) is 12.5. The van der Waals surface area contributed by atoms with Crippen LogP contribution >= 0.6 is 0 Å². The molecule has 102 valence electrons. The molecule has 1 N–H and O–H groups in total. The molecule has 1 heteroatoms. The van der Waals surface area contributed by atoms with Gasteiger partial charge in [0.1, 0.15) is 0 Å². The van der Waals surface area contributed by atoms with Gasteiger partial charge in [-0.15, -0.1) is 0 Å². The minimum absolute atomic E-state index is 0.305. The Balaban J connectivity index is 1.82. The van der Waals surface area contributed by atoms with Crippen LogP contribution in [0.4, 0.5) is 0 Å². The summed E-state index contributed by atoms with van der Waals surface area (Å²) in [6.45, 7) is 10.5. The van der Waals surface area contributed by atoms with E-state index in [1.165, 1.54) is 38.5 Å². The first-order chi connectivity index (χ1) is 8.27. The molecule has 18 heavy (non-hydrogen) atoms. The van der Waals surface area contributed by atoms with Crippen LogP contribution < -0.4 is 0 Å². The van der Waals surface area contributed by atoms with E-state index in [1.807, 2.05) is 0 Å². The van der Waals surface area contributed by atoms with Crippen LogP contribution in [0, 0.1) is 33.0 Å². The van der Waals surface area contributed by atoms with Crippen LogP contribution in [0.5, 0.6) is 0 Å². The summed E-state index contributed by atoms with van der Waals surface area (Å²) in [6.07, 6.45) is 8.28. The van der Waals surface area contributed by atoms with Crippen molar-refractivity contribution in [3.8, 4) is 0 Å². The SMILES string of the molecule is CC1(C)CCC[C@@]2(C)C[C@]3(CO)C[C@]3(C)[C@@H]3C[C@]312. The van der Waals surface area contributed by atoms with Crippen molar-refractivity contribution in [2.45, 2.75) is 66.2 Å².